The number of aromatic nitrogens is 3. The lowest BCUT2D eigenvalue weighted by atomic mass is 10.0. The third-order valence-corrected chi connectivity index (χ3v) is 4.05. The standard InChI is InChI=1S/C15H18N4O3/c1-9-11(8-17-19(9)2)13-12(5-7-22-13)18-15(21)10-4-3-6-16-14(10)20/h3-4,6,8,12-13H,5,7H2,1-2H3,(H,16,20)(H,18,21)/t12-,13+/m0/s1. The third kappa shape index (κ3) is 2.55. The van der Waals surface area contributed by atoms with Gasteiger partial charge in [-0.15, -0.1) is 0 Å². The maximum Gasteiger partial charge on any atom is 0.260 e. The van der Waals surface area contributed by atoms with Crippen LogP contribution in [0, 0.1) is 6.92 Å². The number of amides is 1. The van der Waals surface area contributed by atoms with Crippen LogP contribution in [0.5, 0.6) is 0 Å². The summed E-state index contributed by atoms with van der Waals surface area (Å²) in [6, 6.07) is 2.97. The van der Waals surface area contributed by atoms with Crippen molar-refractivity contribution >= 4 is 5.91 Å². The van der Waals surface area contributed by atoms with E-state index in [1.165, 1.54) is 12.3 Å². The van der Waals surface area contributed by atoms with Crippen LogP contribution in [0.1, 0.15) is 34.1 Å². The molecule has 0 aromatic carbocycles. The fourth-order valence-corrected chi connectivity index (χ4v) is 2.69. The van der Waals surface area contributed by atoms with Gasteiger partial charge >= 0.3 is 0 Å². The summed E-state index contributed by atoms with van der Waals surface area (Å²) >= 11 is 0. The third-order valence-electron chi connectivity index (χ3n) is 4.05. The number of rotatable bonds is 3. The number of carbonyl (C=O) groups excluding carboxylic acids is 1. The number of aromatic amines is 1. The average Bonchev–Trinajstić information content (AvgIpc) is 3.07. The van der Waals surface area contributed by atoms with E-state index in [9.17, 15) is 9.59 Å². The molecule has 1 aliphatic rings. The Morgan fingerprint density at radius 2 is 2.36 bits per heavy atom. The molecule has 3 rings (SSSR count). The number of aryl methyl sites for hydroxylation is 1. The molecule has 0 saturated carbocycles. The minimum absolute atomic E-state index is 0.107. The van der Waals surface area contributed by atoms with Gasteiger partial charge in [-0.3, -0.25) is 14.3 Å². The zero-order valence-electron chi connectivity index (χ0n) is 12.5. The van der Waals surface area contributed by atoms with Gasteiger partial charge in [-0.2, -0.15) is 5.10 Å². The molecule has 1 saturated heterocycles. The van der Waals surface area contributed by atoms with Gasteiger partial charge in [-0.25, -0.2) is 0 Å². The van der Waals surface area contributed by atoms with E-state index in [2.05, 4.69) is 15.4 Å². The van der Waals surface area contributed by atoms with Gasteiger partial charge in [0.2, 0.25) is 0 Å². The van der Waals surface area contributed by atoms with Crippen molar-refractivity contribution in [1.82, 2.24) is 20.1 Å². The van der Waals surface area contributed by atoms with E-state index in [0.717, 1.165) is 11.3 Å². The van der Waals surface area contributed by atoms with Crippen LogP contribution in [-0.4, -0.2) is 33.3 Å². The first-order chi connectivity index (χ1) is 10.6. The largest absolute Gasteiger partial charge is 0.371 e. The number of pyridine rings is 1. The van der Waals surface area contributed by atoms with Crippen LogP contribution < -0.4 is 10.9 Å². The highest BCUT2D eigenvalue weighted by Gasteiger charge is 2.33. The summed E-state index contributed by atoms with van der Waals surface area (Å²) in [6.45, 7) is 2.53. The molecular formula is C15H18N4O3. The van der Waals surface area contributed by atoms with Gasteiger partial charge < -0.3 is 15.0 Å². The summed E-state index contributed by atoms with van der Waals surface area (Å²) in [5.74, 6) is -0.385. The van der Waals surface area contributed by atoms with Crippen LogP contribution in [0.25, 0.3) is 0 Å². The second kappa shape index (κ2) is 5.76. The van der Waals surface area contributed by atoms with E-state index in [4.69, 9.17) is 4.74 Å². The molecule has 2 N–H and O–H groups in total. The molecule has 0 unspecified atom stereocenters. The maximum atomic E-state index is 12.3. The molecule has 2 atom stereocenters. The Hall–Kier alpha value is -2.41. The number of nitrogens with zero attached hydrogens (tertiary/aromatic N) is 2. The quantitative estimate of drug-likeness (QED) is 0.872. The lowest BCUT2D eigenvalue weighted by molar-refractivity contribution is 0.0818. The summed E-state index contributed by atoms with van der Waals surface area (Å²) in [7, 11) is 1.87. The van der Waals surface area contributed by atoms with E-state index in [1.807, 2.05) is 14.0 Å². The summed E-state index contributed by atoms with van der Waals surface area (Å²) in [5.41, 5.74) is 1.68. The molecule has 22 heavy (non-hydrogen) atoms. The molecule has 1 aliphatic heterocycles. The molecule has 1 fully saturated rings. The van der Waals surface area contributed by atoms with Gasteiger partial charge in [0.15, 0.2) is 0 Å². The molecule has 1 amide bonds. The minimum atomic E-state index is -0.395. The smallest absolute Gasteiger partial charge is 0.260 e. The topological polar surface area (TPSA) is 89.0 Å². The minimum Gasteiger partial charge on any atom is -0.371 e. The molecule has 0 bridgehead atoms. The van der Waals surface area contributed by atoms with E-state index < -0.39 is 5.56 Å². The normalized spacial score (nSPS) is 21.0. The predicted octanol–water partition coefficient (Wildman–Crippen LogP) is 0.677. The van der Waals surface area contributed by atoms with Gasteiger partial charge in [0.25, 0.3) is 11.5 Å². The number of hydrogen-bond acceptors (Lipinski definition) is 4. The zero-order valence-corrected chi connectivity index (χ0v) is 12.5. The van der Waals surface area contributed by atoms with Crippen LogP contribution in [0.3, 0.4) is 0 Å². The molecule has 2 aromatic rings. The first kappa shape index (κ1) is 14.5. The molecule has 0 aliphatic carbocycles. The van der Waals surface area contributed by atoms with Crippen molar-refractivity contribution in [3.05, 3.63) is 51.7 Å². The van der Waals surface area contributed by atoms with Crippen molar-refractivity contribution in [3.8, 4) is 0 Å². The second-order valence-corrected chi connectivity index (χ2v) is 5.38. The lowest BCUT2D eigenvalue weighted by Crippen LogP contribution is -2.39. The van der Waals surface area contributed by atoms with Crippen molar-refractivity contribution in [1.29, 1.82) is 0 Å². The van der Waals surface area contributed by atoms with Gasteiger partial charge in [-0.05, 0) is 25.5 Å². The Labute approximate surface area is 127 Å². The summed E-state index contributed by atoms with van der Waals surface area (Å²) in [4.78, 5) is 26.5. The Morgan fingerprint density at radius 3 is 3.05 bits per heavy atom. The SMILES string of the molecule is Cc1c([C@H]2OCC[C@@H]2NC(=O)c2ccc[nH]c2=O)cnn1C. The number of carbonyl (C=O) groups is 1. The van der Waals surface area contributed by atoms with Gasteiger partial charge in [-0.1, -0.05) is 0 Å². The molecule has 0 spiro atoms. The highest BCUT2D eigenvalue weighted by atomic mass is 16.5. The molecule has 3 heterocycles. The predicted molar refractivity (Wildman–Crippen MR) is 79.6 cm³/mol. The van der Waals surface area contributed by atoms with Crippen LogP contribution in [0.15, 0.2) is 29.3 Å². The van der Waals surface area contributed by atoms with E-state index in [0.29, 0.717) is 13.0 Å². The summed E-state index contributed by atoms with van der Waals surface area (Å²) in [5, 5.41) is 7.12. The first-order valence-corrected chi connectivity index (χ1v) is 7.16. The van der Waals surface area contributed by atoms with Crippen molar-refractivity contribution in [3.63, 3.8) is 0 Å². The molecule has 7 heteroatoms. The van der Waals surface area contributed by atoms with Crippen LogP contribution in [-0.2, 0) is 11.8 Å². The van der Waals surface area contributed by atoms with Crippen LogP contribution in [0.4, 0.5) is 0 Å². The monoisotopic (exact) mass is 302 g/mol. The molecule has 2 aromatic heterocycles. The Bertz CT molecular complexity index is 749. The number of nitrogens with one attached hydrogen (secondary N) is 2. The maximum absolute atomic E-state index is 12.3. The van der Waals surface area contributed by atoms with Crippen molar-refractivity contribution < 1.29 is 9.53 Å². The highest BCUT2D eigenvalue weighted by Crippen LogP contribution is 2.31. The molecule has 116 valence electrons. The van der Waals surface area contributed by atoms with Crippen molar-refractivity contribution in [2.24, 2.45) is 7.05 Å². The lowest BCUT2D eigenvalue weighted by Gasteiger charge is -2.19. The van der Waals surface area contributed by atoms with Gasteiger partial charge in [0.1, 0.15) is 11.7 Å². The van der Waals surface area contributed by atoms with E-state index >= 15 is 0 Å². The van der Waals surface area contributed by atoms with Gasteiger partial charge in [0.05, 0.1) is 12.2 Å². The Kier molecular flexibility index (Phi) is 3.81. The number of hydrogen-bond donors (Lipinski definition) is 2. The Morgan fingerprint density at radius 1 is 1.55 bits per heavy atom. The first-order valence-electron chi connectivity index (χ1n) is 7.16. The van der Waals surface area contributed by atoms with E-state index in [1.54, 1.807) is 16.9 Å². The zero-order chi connectivity index (χ0) is 15.7. The van der Waals surface area contributed by atoms with Crippen LogP contribution in [0.2, 0.25) is 0 Å². The Balaban J connectivity index is 1.80. The fraction of sp³-hybridized carbons (Fsp3) is 0.400. The molecule has 7 nitrogen and oxygen atoms in total. The fourth-order valence-electron chi connectivity index (χ4n) is 2.69. The number of ether oxygens (including phenoxy) is 1. The molecular weight excluding hydrogens is 284 g/mol. The number of H-pyrrole nitrogens is 1. The summed E-state index contributed by atoms with van der Waals surface area (Å²) in [6.07, 6.45) is 3.73. The highest BCUT2D eigenvalue weighted by molar-refractivity contribution is 5.94. The van der Waals surface area contributed by atoms with Crippen molar-refractivity contribution in [2.75, 3.05) is 6.61 Å². The van der Waals surface area contributed by atoms with Crippen LogP contribution >= 0.6 is 0 Å². The van der Waals surface area contributed by atoms with Crippen molar-refractivity contribution in [2.45, 2.75) is 25.5 Å². The average molecular weight is 302 g/mol. The van der Waals surface area contributed by atoms with E-state index in [-0.39, 0.29) is 23.6 Å². The molecule has 0 radical (unpaired) electrons. The van der Waals surface area contributed by atoms with Gasteiger partial charge in [0, 0.05) is 31.1 Å². The second-order valence-electron chi connectivity index (χ2n) is 5.38. The summed E-state index contributed by atoms with van der Waals surface area (Å²) < 4.78 is 7.53.